The van der Waals surface area contributed by atoms with Crippen LogP contribution < -0.4 is 4.90 Å². The molecule has 1 aromatic heterocycles. The molecule has 164 valence electrons. The number of carbonyl (C=O) groups is 2. The standard InChI is InChI=1S/C22H11Cl2N3O4S2/c23-14-4-2-5-15(24)13(14)10-32-22-25-16-8-7-11(9-18(16)33-22)26-20(28)12-3-1-6-17(27(30)31)19(12)21(26)29/h1-9H,10H2. The molecule has 2 heterocycles. The first kappa shape index (κ1) is 21.8. The number of fused-ring (bicyclic) bond motifs is 2. The summed E-state index contributed by atoms with van der Waals surface area (Å²) in [6.07, 6.45) is 0. The maximum absolute atomic E-state index is 13.0. The summed E-state index contributed by atoms with van der Waals surface area (Å²) in [7, 11) is 0. The number of hydrogen-bond acceptors (Lipinski definition) is 7. The molecule has 33 heavy (non-hydrogen) atoms. The number of benzene rings is 3. The molecule has 1 aliphatic heterocycles. The van der Waals surface area contributed by atoms with Crippen molar-refractivity contribution in [1.82, 2.24) is 4.98 Å². The lowest BCUT2D eigenvalue weighted by atomic mass is 10.1. The molecule has 0 spiro atoms. The van der Waals surface area contributed by atoms with Crippen molar-refractivity contribution in [3.63, 3.8) is 0 Å². The molecule has 0 saturated carbocycles. The van der Waals surface area contributed by atoms with Crippen molar-refractivity contribution >= 4 is 79.7 Å². The summed E-state index contributed by atoms with van der Waals surface area (Å²) in [4.78, 5) is 42.1. The van der Waals surface area contributed by atoms with E-state index in [9.17, 15) is 19.7 Å². The van der Waals surface area contributed by atoms with E-state index in [-0.39, 0.29) is 16.8 Å². The molecule has 2 amide bonds. The number of halogens is 2. The Morgan fingerprint density at radius 2 is 1.76 bits per heavy atom. The highest BCUT2D eigenvalue weighted by Gasteiger charge is 2.41. The van der Waals surface area contributed by atoms with Crippen LogP contribution in [0, 0.1) is 10.1 Å². The van der Waals surface area contributed by atoms with Crippen molar-refractivity contribution in [2.24, 2.45) is 0 Å². The van der Waals surface area contributed by atoms with Gasteiger partial charge in [-0.3, -0.25) is 19.7 Å². The smallest absolute Gasteiger partial charge is 0.268 e. The van der Waals surface area contributed by atoms with E-state index in [4.69, 9.17) is 23.2 Å². The topological polar surface area (TPSA) is 93.4 Å². The monoisotopic (exact) mass is 515 g/mol. The lowest BCUT2D eigenvalue weighted by Gasteiger charge is -2.13. The van der Waals surface area contributed by atoms with Crippen molar-refractivity contribution in [3.05, 3.63) is 91.4 Å². The number of hydrogen-bond donors (Lipinski definition) is 0. The lowest BCUT2D eigenvalue weighted by molar-refractivity contribution is -0.385. The number of aromatic nitrogens is 1. The van der Waals surface area contributed by atoms with Gasteiger partial charge in [-0.25, -0.2) is 9.88 Å². The Labute approximate surface area is 205 Å². The predicted octanol–water partition coefficient (Wildman–Crippen LogP) is 6.60. The van der Waals surface area contributed by atoms with Gasteiger partial charge in [0.1, 0.15) is 5.56 Å². The Morgan fingerprint density at radius 3 is 2.48 bits per heavy atom. The zero-order chi connectivity index (χ0) is 23.3. The molecular weight excluding hydrogens is 505 g/mol. The summed E-state index contributed by atoms with van der Waals surface area (Å²) in [5.41, 5.74) is 1.30. The van der Waals surface area contributed by atoms with Crippen LogP contribution in [0.25, 0.3) is 10.2 Å². The normalized spacial score (nSPS) is 13.1. The number of thiazole rings is 1. The largest absolute Gasteiger partial charge is 0.283 e. The van der Waals surface area contributed by atoms with Crippen LogP contribution in [0.4, 0.5) is 11.4 Å². The molecule has 3 aromatic carbocycles. The van der Waals surface area contributed by atoms with Crippen molar-refractivity contribution in [1.29, 1.82) is 0 Å². The van der Waals surface area contributed by atoms with Gasteiger partial charge in [-0.05, 0) is 42.0 Å². The molecule has 0 bridgehead atoms. The third-order valence-corrected chi connectivity index (χ3v) is 8.00. The molecule has 0 aliphatic carbocycles. The van der Waals surface area contributed by atoms with Crippen molar-refractivity contribution in [3.8, 4) is 0 Å². The van der Waals surface area contributed by atoms with E-state index in [1.54, 1.807) is 36.4 Å². The molecule has 0 saturated heterocycles. The van der Waals surface area contributed by atoms with Gasteiger partial charge >= 0.3 is 0 Å². The highest BCUT2D eigenvalue weighted by molar-refractivity contribution is 8.00. The third kappa shape index (κ3) is 3.76. The predicted molar refractivity (Wildman–Crippen MR) is 130 cm³/mol. The van der Waals surface area contributed by atoms with E-state index in [1.165, 1.54) is 41.3 Å². The van der Waals surface area contributed by atoms with Gasteiger partial charge in [0, 0.05) is 21.9 Å². The van der Waals surface area contributed by atoms with Gasteiger partial charge in [-0.15, -0.1) is 11.3 Å². The molecule has 4 aromatic rings. The first-order chi connectivity index (χ1) is 15.8. The minimum Gasteiger partial charge on any atom is -0.268 e. The van der Waals surface area contributed by atoms with Crippen LogP contribution in [-0.2, 0) is 5.75 Å². The molecule has 11 heteroatoms. The highest BCUT2D eigenvalue weighted by atomic mass is 35.5. The van der Waals surface area contributed by atoms with Gasteiger partial charge in [-0.1, -0.05) is 47.1 Å². The Bertz CT molecular complexity index is 1470. The van der Waals surface area contributed by atoms with E-state index in [2.05, 4.69) is 4.98 Å². The number of thioether (sulfide) groups is 1. The van der Waals surface area contributed by atoms with E-state index in [0.717, 1.165) is 19.5 Å². The Balaban J connectivity index is 1.45. The SMILES string of the molecule is O=C1c2cccc([N+](=O)[O-])c2C(=O)N1c1ccc2nc(SCc3c(Cl)cccc3Cl)sc2c1. The van der Waals surface area contributed by atoms with Crippen LogP contribution in [-0.4, -0.2) is 21.7 Å². The minimum absolute atomic E-state index is 0.0199. The quantitative estimate of drug-likeness (QED) is 0.128. The average Bonchev–Trinajstić information content (AvgIpc) is 3.31. The molecule has 0 atom stereocenters. The van der Waals surface area contributed by atoms with Crippen LogP contribution in [0.5, 0.6) is 0 Å². The Kier molecular flexibility index (Phi) is 5.57. The number of carbonyl (C=O) groups excluding carboxylic acids is 2. The first-order valence-electron chi connectivity index (χ1n) is 9.47. The summed E-state index contributed by atoms with van der Waals surface area (Å²) in [5.74, 6) is -0.771. The Morgan fingerprint density at radius 1 is 1.03 bits per heavy atom. The first-order valence-corrected chi connectivity index (χ1v) is 12.0. The van der Waals surface area contributed by atoms with Crippen LogP contribution in [0.2, 0.25) is 10.0 Å². The fourth-order valence-corrected chi connectivity index (χ4v) is 6.39. The van der Waals surface area contributed by atoms with Gasteiger partial charge in [0.15, 0.2) is 4.34 Å². The molecule has 0 unspecified atom stereocenters. The summed E-state index contributed by atoms with van der Waals surface area (Å²) in [6.45, 7) is 0. The fraction of sp³-hybridized carbons (Fsp3) is 0.0455. The number of nitrogens with zero attached hydrogens (tertiary/aromatic N) is 3. The molecule has 5 rings (SSSR count). The number of anilines is 1. The molecular formula is C22H11Cl2N3O4S2. The van der Waals surface area contributed by atoms with Gasteiger partial charge in [0.05, 0.1) is 26.4 Å². The second-order valence-electron chi connectivity index (χ2n) is 7.02. The van der Waals surface area contributed by atoms with Gasteiger partial charge in [0.25, 0.3) is 17.5 Å². The van der Waals surface area contributed by atoms with E-state index < -0.39 is 16.7 Å². The molecule has 0 fully saturated rings. The average molecular weight is 516 g/mol. The van der Waals surface area contributed by atoms with Crippen LogP contribution in [0.3, 0.4) is 0 Å². The molecule has 7 nitrogen and oxygen atoms in total. The summed E-state index contributed by atoms with van der Waals surface area (Å²) < 4.78 is 1.54. The van der Waals surface area contributed by atoms with E-state index in [0.29, 0.717) is 27.0 Å². The zero-order valence-corrected chi connectivity index (χ0v) is 19.6. The summed E-state index contributed by atoms with van der Waals surface area (Å²) in [5, 5.41) is 12.5. The van der Waals surface area contributed by atoms with Crippen LogP contribution in [0.15, 0.2) is 58.9 Å². The van der Waals surface area contributed by atoms with Crippen molar-refractivity contribution < 1.29 is 14.5 Å². The number of amides is 2. The second kappa shape index (κ2) is 8.42. The summed E-state index contributed by atoms with van der Waals surface area (Å²) in [6, 6.07) is 14.4. The maximum Gasteiger partial charge on any atom is 0.283 e. The minimum atomic E-state index is -0.714. The van der Waals surface area contributed by atoms with Crippen LogP contribution >= 0.6 is 46.3 Å². The highest BCUT2D eigenvalue weighted by Crippen LogP contribution is 2.38. The molecule has 0 radical (unpaired) electrons. The number of nitro benzene ring substituents is 1. The number of rotatable bonds is 5. The molecule has 0 N–H and O–H groups in total. The van der Waals surface area contributed by atoms with Crippen molar-refractivity contribution in [2.75, 3.05) is 4.90 Å². The Hall–Kier alpha value is -2.98. The van der Waals surface area contributed by atoms with Gasteiger partial charge in [0.2, 0.25) is 0 Å². The van der Waals surface area contributed by atoms with E-state index in [1.807, 2.05) is 0 Å². The number of nitro groups is 1. The van der Waals surface area contributed by atoms with Gasteiger partial charge in [-0.2, -0.15) is 0 Å². The van der Waals surface area contributed by atoms with E-state index >= 15 is 0 Å². The maximum atomic E-state index is 13.0. The fourth-order valence-electron chi connectivity index (χ4n) is 3.55. The van der Waals surface area contributed by atoms with Crippen LogP contribution in [0.1, 0.15) is 26.3 Å². The zero-order valence-electron chi connectivity index (χ0n) is 16.5. The third-order valence-electron chi connectivity index (χ3n) is 5.10. The second-order valence-corrected chi connectivity index (χ2v) is 10.1. The lowest BCUT2D eigenvalue weighted by Crippen LogP contribution is -2.29. The van der Waals surface area contributed by atoms with Crippen molar-refractivity contribution in [2.45, 2.75) is 10.1 Å². The summed E-state index contributed by atoms with van der Waals surface area (Å²) >= 11 is 15.4. The molecule has 1 aliphatic rings. The number of imide groups is 1. The van der Waals surface area contributed by atoms with Gasteiger partial charge < -0.3 is 0 Å².